The quantitative estimate of drug-likeness (QED) is 0.764. The Kier molecular flexibility index (Phi) is 8.61. The largest absolute Gasteiger partial charge is 0.446 e. The van der Waals surface area contributed by atoms with E-state index in [2.05, 4.69) is 11.4 Å². The molecule has 27 heavy (non-hydrogen) atoms. The van der Waals surface area contributed by atoms with E-state index in [0.29, 0.717) is 32.8 Å². The molecule has 2 amide bonds. The average Bonchev–Trinajstić information content (AvgIpc) is 3.17. The highest BCUT2D eigenvalue weighted by atomic mass is 35.5. The Bertz CT molecular complexity index is 542. The normalized spacial score (nSPS) is 28.2. The van der Waals surface area contributed by atoms with Crippen molar-refractivity contribution in [3.63, 3.8) is 0 Å². The summed E-state index contributed by atoms with van der Waals surface area (Å²) < 4.78 is 10.9. The highest BCUT2D eigenvalue weighted by molar-refractivity contribution is 5.85. The molecule has 2 aliphatic heterocycles. The molecule has 3 fully saturated rings. The van der Waals surface area contributed by atoms with Crippen molar-refractivity contribution >= 4 is 24.4 Å². The molecular formula is C18H29ClN4O4. The molecule has 0 unspecified atom stereocenters. The van der Waals surface area contributed by atoms with E-state index >= 15 is 0 Å². The molecule has 2 heterocycles. The van der Waals surface area contributed by atoms with Gasteiger partial charge in [-0.1, -0.05) is 0 Å². The third kappa shape index (κ3) is 5.96. The number of rotatable bonds is 4. The van der Waals surface area contributed by atoms with Gasteiger partial charge in [-0.05, 0) is 38.5 Å². The number of morpholine rings is 1. The highest BCUT2D eigenvalue weighted by Crippen LogP contribution is 2.22. The van der Waals surface area contributed by atoms with E-state index in [1.165, 1.54) is 0 Å². The van der Waals surface area contributed by atoms with Gasteiger partial charge in [-0.25, -0.2) is 4.79 Å². The topological polar surface area (TPSA) is 94.9 Å². The number of ether oxygens (including phenoxy) is 2. The molecule has 1 N–H and O–H groups in total. The summed E-state index contributed by atoms with van der Waals surface area (Å²) in [6.07, 6.45) is 4.80. The number of nitrogens with one attached hydrogen (secondary N) is 1. The first-order chi connectivity index (χ1) is 12.7. The number of carbonyl (C=O) groups is 2. The Balaban J connectivity index is 0.00000261. The fourth-order valence-corrected chi connectivity index (χ4v) is 3.88. The van der Waals surface area contributed by atoms with E-state index in [1.54, 1.807) is 9.80 Å². The van der Waals surface area contributed by atoms with Crippen LogP contribution < -0.4 is 5.32 Å². The molecule has 9 heteroatoms. The maximum atomic E-state index is 12.3. The van der Waals surface area contributed by atoms with Gasteiger partial charge in [-0.3, -0.25) is 4.79 Å². The van der Waals surface area contributed by atoms with Gasteiger partial charge >= 0.3 is 6.09 Å². The SMILES string of the molecule is Cl.N#C[C@@H]1CCCN1C(=O)CNC1CCC(OC(=O)N2CCOCC2)CC1. The van der Waals surface area contributed by atoms with Gasteiger partial charge in [0, 0.05) is 25.7 Å². The second-order valence-electron chi connectivity index (χ2n) is 7.21. The molecule has 2 saturated heterocycles. The Morgan fingerprint density at radius 2 is 1.81 bits per heavy atom. The van der Waals surface area contributed by atoms with Crippen molar-refractivity contribution in [2.75, 3.05) is 39.4 Å². The number of hydrogen-bond donors (Lipinski definition) is 1. The fourth-order valence-electron chi connectivity index (χ4n) is 3.88. The number of hydrogen-bond acceptors (Lipinski definition) is 6. The van der Waals surface area contributed by atoms with Crippen LogP contribution in [0.1, 0.15) is 38.5 Å². The number of nitrogens with zero attached hydrogens (tertiary/aromatic N) is 3. The second kappa shape index (κ2) is 10.7. The summed E-state index contributed by atoms with van der Waals surface area (Å²) >= 11 is 0. The summed E-state index contributed by atoms with van der Waals surface area (Å²) in [6.45, 7) is 3.30. The lowest BCUT2D eigenvalue weighted by Gasteiger charge is -2.32. The molecule has 8 nitrogen and oxygen atoms in total. The van der Waals surface area contributed by atoms with Crippen molar-refractivity contribution in [1.82, 2.24) is 15.1 Å². The van der Waals surface area contributed by atoms with Crippen LogP contribution in [0, 0.1) is 11.3 Å². The molecular weight excluding hydrogens is 372 g/mol. The summed E-state index contributed by atoms with van der Waals surface area (Å²) in [5.41, 5.74) is 0. The van der Waals surface area contributed by atoms with Gasteiger partial charge in [-0.2, -0.15) is 5.26 Å². The van der Waals surface area contributed by atoms with Gasteiger partial charge in [0.15, 0.2) is 0 Å². The van der Waals surface area contributed by atoms with Crippen LogP contribution in [0.5, 0.6) is 0 Å². The monoisotopic (exact) mass is 400 g/mol. The molecule has 0 aromatic heterocycles. The first kappa shape index (κ1) is 21.7. The lowest BCUT2D eigenvalue weighted by atomic mass is 9.93. The first-order valence-corrected chi connectivity index (χ1v) is 9.63. The number of likely N-dealkylation sites (tertiary alicyclic amines) is 1. The second-order valence-corrected chi connectivity index (χ2v) is 7.21. The van der Waals surface area contributed by atoms with Crippen molar-refractivity contribution in [2.24, 2.45) is 0 Å². The maximum Gasteiger partial charge on any atom is 0.410 e. The predicted molar refractivity (Wildman–Crippen MR) is 101 cm³/mol. The molecule has 1 aliphatic carbocycles. The standard InChI is InChI=1S/C18H28N4O4.ClH/c19-12-15-2-1-7-22(15)17(23)13-20-14-3-5-16(6-4-14)26-18(24)21-8-10-25-11-9-21;/h14-16,20H,1-11,13H2;1H/t14?,15-,16?;/m0./s1. The Labute approximate surface area is 166 Å². The van der Waals surface area contributed by atoms with Crippen LogP contribution in [-0.2, 0) is 14.3 Å². The number of nitriles is 1. The van der Waals surface area contributed by atoms with E-state index in [4.69, 9.17) is 14.7 Å². The van der Waals surface area contributed by atoms with Crippen LogP contribution >= 0.6 is 12.4 Å². The van der Waals surface area contributed by atoms with E-state index < -0.39 is 0 Å². The predicted octanol–water partition coefficient (Wildman–Crippen LogP) is 1.29. The minimum absolute atomic E-state index is 0. The van der Waals surface area contributed by atoms with Crippen LogP contribution in [0.15, 0.2) is 0 Å². The van der Waals surface area contributed by atoms with Crippen molar-refractivity contribution in [3.8, 4) is 6.07 Å². The summed E-state index contributed by atoms with van der Waals surface area (Å²) in [5, 5.41) is 12.4. The zero-order chi connectivity index (χ0) is 18.4. The van der Waals surface area contributed by atoms with Crippen LogP contribution in [0.25, 0.3) is 0 Å². The first-order valence-electron chi connectivity index (χ1n) is 9.63. The number of carbonyl (C=O) groups excluding carboxylic acids is 2. The summed E-state index contributed by atoms with van der Waals surface area (Å²) in [6, 6.07) is 2.20. The smallest absolute Gasteiger partial charge is 0.410 e. The van der Waals surface area contributed by atoms with Gasteiger partial charge in [-0.15, -0.1) is 12.4 Å². The van der Waals surface area contributed by atoms with Crippen molar-refractivity contribution < 1.29 is 19.1 Å². The minimum atomic E-state index is -0.264. The molecule has 0 bridgehead atoms. The van der Waals surface area contributed by atoms with Crippen LogP contribution in [0.2, 0.25) is 0 Å². The fraction of sp³-hybridized carbons (Fsp3) is 0.833. The van der Waals surface area contributed by atoms with Crippen LogP contribution in [-0.4, -0.2) is 79.4 Å². The summed E-state index contributed by atoms with van der Waals surface area (Å²) in [4.78, 5) is 27.8. The van der Waals surface area contributed by atoms with Crippen LogP contribution in [0.3, 0.4) is 0 Å². The Hall–Kier alpha value is -1.56. The molecule has 3 rings (SSSR count). The molecule has 0 aromatic carbocycles. The van der Waals surface area contributed by atoms with Crippen molar-refractivity contribution in [2.45, 2.75) is 56.7 Å². The number of halogens is 1. The van der Waals surface area contributed by atoms with Gasteiger partial charge in [0.05, 0.1) is 25.8 Å². The zero-order valence-corrected chi connectivity index (χ0v) is 16.4. The average molecular weight is 401 g/mol. The molecule has 3 aliphatic rings. The van der Waals surface area contributed by atoms with E-state index in [1.807, 2.05) is 0 Å². The molecule has 1 saturated carbocycles. The van der Waals surface area contributed by atoms with Gasteiger partial charge in [0.1, 0.15) is 12.1 Å². The Morgan fingerprint density at radius 3 is 2.48 bits per heavy atom. The maximum absolute atomic E-state index is 12.3. The van der Waals surface area contributed by atoms with E-state index in [0.717, 1.165) is 38.5 Å². The van der Waals surface area contributed by atoms with E-state index in [9.17, 15) is 9.59 Å². The van der Waals surface area contributed by atoms with Crippen molar-refractivity contribution in [1.29, 1.82) is 5.26 Å². The number of amides is 2. The van der Waals surface area contributed by atoms with Gasteiger partial charge < -0.3 is 24.6 Å². The molecule has 1 atom stereocenters. The lowest BCUT2D eigenvalue weighted by Crippen LogP contribution is -2.45. The third-order valence-corrected chi connectivity index (χ3v) is 5.48. The third-order valence-electron chi connectivity index (χ3n) is 5.48. The molecule has 152 valence electrons. The van der Waals surface area contributed by atoms with Gasteiger partial charge in [0.2, 0.25) is 5.91 Å². The Morgan fingerprint density at radius 1 is 1.11 bits per heavy atom. The van der Waals surface area contributed by atoms with Crippen LogP contribution in [0.4, 0.5) is 4.79 Å². The zero-order valence-electron chi connectivity index (χ0n) is 15.6. The summed E-state index contributed by atoms with van der Waals surface area (Å²) in [5.74, 6) is 0.00918. The molecule has 0 spiro atoms. The summed E-state index contributed by atoms with van der Waals surface area (Å²) in [7, 11) is 0. The molecule has 0 radical (unpaired) electrons. The highest BCUT2D eigenvalue weighted by Gasteiger charge is 2.30. The minimum Gasteiger partial charge on any atom is -0.446 e. The molecule has 0 aromatic rings. The van der Waals surface area contributed by atoms with E-state index in [-0.39, 0.29) is 49.1 Å². The van der Waals surface area contributed by atoms with Gasteiger partial charge in [0.25, 0.3) is 0 Å². The lowest BCUT2D eigenvalue weighted by molar-refractivity contribution is -0.130. The van der Waals surface area contributed by atoms with Crippen molar-refractivity contribution in [3.05, 3.63) is 0 Å².